The summed E-state index contributed by atoms with van der Waals surface area (Å²) in [7, 11) is 0. The summed E-state index contributed by atoms with van der Waals surface area (Å²) in [4.78, 5) is 16.4. The van der Waals surface area contributed by atoms with E-state index in [0.29, 0.717) is 11.7 Å². The van der Waals surface area contributed by atoms with Gasteiger partial charge in [-0.2, -0.15) is 4.98 Å². The molecule has 1 aliphatic heterocycles. The third kappa shape index (κ3) is 3.25. The van der Waals surface area contributed by atoms with Gasteiger partial charge in [0.15, 0.2) is 5.82 Å². The zero-order valence-corrected chi connectivity index (χ0v) is 12.4. The molecule has 0 bridgehead atoms. The van der Waals surface area contributed by atoms with Crippen LogP contribution in [0.1, 0.15) is 18.8 Å². The molecule has 3 rings (SSSR count). The second-order valence-electron chi connectivity index (χ2n) is 4.83. The van der Waals surface area contributed by atoms with Crippen LogP contribution >= 0.6 is 11.8 Å². The van der Waals surface area contributed by atoms with Gasteiger partial charge in [0.1, 0.15) is 0 Å². The largest absolute Gasteiger partial charge is 0.345 e. The highest BCUT2D eigenvalue weighted by Crippen LogP contribution is 2.19. The average Bonchev–Trinajstić information content (AvgIpc) is 3.20. The number of hydrogen-bond acceptors (Lipinski definition) is 6. The Hall–Kier alpha value is -1.86. The molecule has 0 spiro atoms. The summed E-state index contributed by atoms with van der Waals surface area (Å²) in [6.07, 6.45) is 0. The van der Waals surface area contributed by atoms with Crippen molar-refractivity contribution in [3.05, 3.63) is 36.2 Å². The zero-order valence-electron chi connectivity index (χ0n) is 11.6. The second kappa shape index (κ2) is 6.28. The van der Waals surface area contributed by atoms with Crippen molar-refractivity contribution < 1.29 is 9.32 Å². The van der Waals surface area contributed by atoms with Crippen LogP contribution < -0.4 is 10.6 Å². The van der Waals surface area contributed by atoms with E-state index in [0.717, 1.165) is 17.2 Å². The average molecular weight is 304 g/mol. The van der Waals surface area contributed by atoms with E-state index in [-0.39, 0.29) is 18.0 Å². The lowest BCUT2D eigenvalue weighted by Gasteiger charge is -2.13. The summed E-state index contributed by atoms with van der Waals surface area (Å²) in [5.41, 5.74) is 0.864. The number of hydrogen-bond donors (Lipinski definition) is 2. The Bertz CT molecular complexity index is 610. The van der Waals surface area contributed by atoms with Gasteiger partial charge in [-0.3, -0.25) is 10.1 Å². The normalized spacial score (nSPS) is 19.4. The topological polar surface area (TPSA) is 80.0 Å². The maximum absolute atomic E-state index is 12.0. The molecule has 0 aliphatic carbocycles. The summed E-state index contributed by atoms with van der Waals surface area (Å²) in [5.74, 6) is 2.51. The number of carbonyl (C=O) groups is 1. The van der Waals surface area contributed by atoms with Crippen molar-refractivity contribution in [3.63, 3.8) is 0 Å². The summed E-state index contributed by atoms with van der Waals surface area (Å²) in [6, 6.07) is 9.13. The van der Waals surface area contributed by atoms with Crippen LogP contribution in [0.25, 0.3) is 11.5 Å². The molecule has 2 heterocycles. The molecule has 21 heavy (non-hydrogen) atoms. The minimum atomic E-state index is -0.286. The van der Waals surface area contributed by atoms with E-state index in [4.69, 9.17) is 4.52 Å². The van der Waals surface area contributed by atoms with Crippen molar-refractivity contribution in [2.24, 2.45) is 0 Å². The lowest BCUT2D eigenvalue weighted by molar-refractivity contribution is -0.123. The van der Waals surface area contributed by atoms with Crippen molar-refractivity contribution in [1.82, 2.24) is 20.8 Å². The van der Waals surface area contributed by atoms with Crippen molar-refractivity contribution in [2.45, 2.75) is 19.0 Å². The molecule has 0 radical (unpaired) electrons. The van der Waals surface area contributed by atoms with Crippen LogP contribution in [-0.4, -0.2) is 33.7 Å². The summed E-state index contributed by atoms with van der Waals surface area (Å²) >= 11 is 1.71. The third-order valence-electron chi connectivity index (χ3n) is 3.24. The van der Waals surface area contributed by atoms with E-state index in [1.165, 1.54) is 0 Å². The quantitative estimate of drug-likeness (QED) is 0.892. The van der Waals surface area contributed by atoms with Gasteiger partial charge >= 0.3 is 0 Å². The Kier molecular flexibility index (Phi) is 4.21. The Morgan fingerprint density at radius 1 is 1.48 bits per heavy atom. The smallest absolute Gasteiger partial charge is 0.257 e. The van der Waals surface area contributed by atoms with Gasteiger partial charge in [0.05, 0.1) is 12.1 Å². The Balaban J connectivity index is 1.66. The molecule has 1 aromatic heterocycles. The number of rotatable bonds is 4. The first-order valence-corrected chi connectivity index (χ1v) is 7.90. The monoisotopic (exact) mass is 304 g/mol. The highest BCUT2D eigenvalue weighted by molar-refractivity contribution is 7.99. The Morgan fingerprint density at radius 3 is 3.00 bits per heavy atom. The van der Waals surface area contributed by atoms with Gasteiger partial charge in [-0.05, 0) is 19.1 Å². The molecule has 1 aliphatic rings. The molecular formula is C14H16N4O2S. The molecule has 6 nitrogen and oxygen atoms in total. The maximum Gasteiger partial charge on any atom is 0.257 e. The predicted octanol–water partition coefficient (Wildman–Crippen LogP) is 1.58. The molecule has 2 atom stereocenters. The van der Waals surface area contributed by atoms with Crippen LogP contribution in [0.4, 0.5) is 0 Å². The number of amides is 1. The van der Waals surface area contributed by atoms with Gasteiger partial charge in [-0.1, -0.05) is 23.4 Å². The summed E-state index contributed by atoms with van der Waals surface area (Å²) < 4.78 is 5.25. The molecule has 2 aromatic rings. The molecule has 1 saturated heterocycles. The number of benzene rings is 1. The lowest BCUT2D eigenvalue weighted by atomic mass is 10.2. The molecule has 0 saturated carbocycles. The molecule has 1 fully saturated rings. The molecule has 1 aromatic carbocycles. The molecule has 2 N–H and O–H groups in total. The van der Waals surface area contributed by atoms with Crippen molar-refractivity contribution in [1.29, 1.82) is 0 Å². The standard InChI is InChI=1S/C14H16N4O2S/c1-9(16-13(19)11-7-21-8-15-11)12-17-14(20-18-12)10-5-3-2-4-6-10/h2-6,9,11,15H,7-8H2,1H3,(H,16,19). The van der Waals surface area contributed by atoms with Gasteiger partial charge in [-0.15, -0.1) is 11.8 Å². The van der Waals surface area contributed by atoms with Crippen LogP contribution in [0, 0.1) is 0 Å². The minimum Gasteiger partial charge on any atom is -0.345 e. The molecule has 7 heteroatoms. The van der Waals surface area contributed by atoms with Crippen LogP contribution in [0.2, 0.25) is 0 Å². The van der Waals surface area contributed by atoms with E-state index >= 15 is 0 Å². The summed E-state index contributed by atoms with van der Waals surface area (Å²) in [6.45, 7) is 1.85. The first-order chi connectivity index (χ1) is 10.2. The minimum absolute atomic E-state index is 0.0291. The first kappa shape index (κ1) is 14.1. The maximum atomic E-state index is 12.0. The van der Waals surface area contributed by atoms with Crippen LogP contribution in [0.3, 0.4) is 0 Å². The van der Waals surface area contributed by atoms with E-state index in [1.54, 1.807) is 11.8 Å². The van der Waals surface area contributed by atoms with E-state index in [1.807, 2.05) is 37.3 Å². The van der Waals surface area contributed by atoms with Crippen molar-refractivity contribution in [3.8, 4) is 11.5 Å². The Labute approximate surface area is 126 Å². The van der Waals surface area contributed by atoms with E-state index < -0.39 is 0 Å². The highest BCUT2D eigenvalue weighted by Gasteiger charge is 2.25. The summed E-state index contributed by atoms with van der Waals surface area (Å²) in [5, 5.41) is 9.98. The molecule has 1 amide bonds. The lowest BCUT2D eigenvalue weighted by Crippen LogP contribution is -2.43. The third-order valence-corrected chi connectivity index (χ3v) is 4.18. The van der Waals surface area contributed by atoms with Crippen LogP contribution in [0.5, 0.6) is 0 Å². The zero-order chi connectivity index (χ0) is 14.7. The van der Waals surface area contributed by atoms with Crippen molar-refractivity contribution >= 4 is 17.7 Å². The molecule has 110 valence electrons. The van der Waals surface area contributed by atoms with Gasteiger partial charge in [0.25, 0.3) is 5.89 Å². The fraction of sp³-hybridized carbons (Fsp3) is 0.357. The molecular weight excluding hydrogens is 288 g/mol. The number of thioether (sulfide) groups is 1. The van der Waals surface area contributed by atoms with Gasteiger partial charge in [-0.25, -0.2) is 0 Å². The number of aromatic nitrogens is 2. The van der Waals surface area contributed by atoms with Crippen LogP contribution in [0.15, 0.2) is 34.9 Å². The van der Waals surface area contributed by atoms with E-state index in [2.05, 4.69) is 20.8 Å². The number of nitrogens with zero attached hydrogens (tertiary/aromatic N) is 2. The fourth-order valence-corrected chi connectivity index (χ4v) is 2.99. The fourth-order valence-electron chi connectivity index (χ4n) is 2.05. The highest BCUT2D eigenvalue weighted by atomic mass is 32.2. The first-order valence-electron chi connectivity index (χ1n) is 6.74. The second-order valence-corrected chi connectivity index (χ2v) is 5.86. The van der Waals surface area contributed by atoms with Crippen molar-refractivity contribution in [2.75, 3.05) is 11.6 Å². The van der Waals surface area contributed by atoms with Crippen LogP contribution in [-0.2, 0) is 4.79 Å². The SMILES string of the molecule is CC(NC(=O)C1CSCN1)c1noc(-c2ccccc2)n1. The van der Waals surface area contributed by atoms with Gasteiger partial charge in [0, 0.05) is 17.2 Å². The van der Waals surface area contributed by atoms with Gasteiger partial charge < -0.3 is 9.84 Å². The van der Waals surface area contributed by atoms with Gasteiger partial charge in [0.2, 0.25) is 5.91 Å². The predicted molar refractivity (Wildman–Crippen MR) is 80.5 cm³/mol. The Morgan fingerprint density at radius 2 is 2.29 bits per heavy atom. The molecule has 2 unspecified atom stereocenters. The number of carbonyl (C=O) groups excluding carboxylic acids is 1. The van der Waals surface area contributed by atoms with E-state index in [9.17, 15) is 4.79 Å². The number of nitrogens with one attached hydrogen (secondary N) is 2.